The number of thiazole rings is 1. The maximum absolute atomic E-state index is 12.8. The fraction of sp³-hybridized carbons (Fsp3) is 0.158. The van der Waals surface area contributed by atoms with E-state index >= 15 is 0 Å². The van der Waals surface area contributed by atoms with Gasteiger partial charge in [0.05, 0.1) is 24.4 Å². The number of rotatable bonds is 6. The van der Waals surface area contributed by atoms with Gasteiger partial charge in [0.1, 0.15) is 9.48 Å². The van der Waals surface area contributed by atoms with E-state index in [4.69, 9.17) is 5.26 Å². The number of carbonyl (C=O) groups is 1. The van der Waals surface area contributed by atoms with Crippen molar-refractivity contribution in [1.82, 2.24) is 14.7 Å². The summed E-state index contributed by atoms with van der Waals surface area (Å²) in [5.41, 5.74) is 0.131. The molecule has 1 aromatic carbocycles. The maximum Gasteiger partial charge on any atom is 0.433 e. The van der Waals surface area contributed by atoms with E-state index < -0.39 is 27.8 Å². The first-order chi connectivity index (χ1) is 15.4. The Labute approximate surface area is 198 Å². The van der Waals surface area contributed by atoms with E-state index in [9.17, 15) is 26.4 Å². The van der Waals surface area contributed by atoms with Crippen LogP contribution in [-0.4, -0.2) is 30.5 Å². The van der Waals surface area contributed by atoms with Crippen molar-refractivity contribution < 1.29 is 26.4 Å². The second-order valence-corrected chi connectivity index (χ2v) is 10.7. The number of nitrogens with zero attached hydrogens (tertiary/aromatic N) is 4. The SMILES string of the molecule is CS(=O)(=O)NC(=O)c1nc(N(Cc2ccc(C(F)(F)F)nc2)c2ccc(C#N)cc2)sc1Br. The van der Waals surface area contributed by atoms with Crippen molar-refractivity contribution >= 4 is 54.0 Å². The third kappa shape index (κ3) is 6.28. The van der Waals surface area contributed by atoms with Gasteiger partial charge in [-0.1, -0.05) is 17.4 Å². The van der Waals surface area contributed by atoms with Crippen LogP contribution in [0, 0.1) is 11.3 Å². The van der Waals surface area contributed by atoms with Gasteiger partial charge in [-0.25, -0.2) is 18.1 Å². The number of anilines is 2. The van der Waals surface area contributed by atoms with Gasteiger partial charge in [-0.15, -0.1) is 0 Å². The van der Waals surface area contributed by atoms with Crippen molar-refractivity contribution in [1.29, 1.82) is 5.26 Å². The normalized spacial score (nSPS) is 11.6. The van der Waals surface area contributed by atoms with Crippen LogP contribution in [0.1, 0.15) is 27.3 Å². The zero-order chi connectivity index (χ0) is 24.4. The molecule has 8 nitrogen and oxygen atoms in total. The van der Waals surface area contributed by atoms with Gasteiger partial charge in [0.25, 0.3) is 5.91 Å². The van der Waals surface area contributed by atoms with Crippen molar-refractivity contribution in [3.63, 3.8) is 0 Å². The van der Waals surface area contributed by atoms with Crippen LogP contribution in [0.4, 0.5) is 24.0 Å². The quantitative estimate of drug-likeness (QED) is 0.480. The molecule has 172 valence electrons. The van der Waals surface area contributed by atoms with Gasteiger partial charge in [0, 0.05) is 11.9 Å². The van der Waals surface area contributed by atoms with Crippen LogP contribution in [0.3, 0.4) is 0 Å². The van der Waals surface area contributed by atoms with Crippen LogP contribution in [0.25, 0.3) is 0 Å². The summed E-state index contributed by atoms with van der Waals surface area (Å²) in [5, 5.41) is 9.29. The molecule has 0 radical (unpaired) electrons. The molecule has 0 saturated heterocycles. The molecule has 0 atom stereocenters. The van der Waals surface area contributed by atoms with E-state index in [1.165, 1.54) is 6.07 Å². The molecule has 0 bridgehead atoms. The number of hydrogen-bond donors (Lipinski definition) is 1. The average Bonchev–Trinajstić information content (AvgIpc) is 3.12. The van der Waals surface area contributed by atoms with Crippen LogP contribution < -0.4 is 9.62 Å². The number of aromatic nitrogens is 2. The summed E-state index contributed by atoms with van der Waals surface area (Å²) in [4.78, 5) is 21.6. The van der Waals surface area contributed by atoms with Crippen molar-refractivity contribution in [3.8, 4) is 6.07 Å². The number of nitriles is 1. The van der Waals surface area contributed by atoms with Gasteiger partial charge in [0.15, 0.2) is 10.8 Å². The van der Waals surface area contributed by atoms with Crippen LogP contribution in [0.5, 0.6) is 0 Å². The van der Waals surface area contributed by atoms with Gasteiger partial charge in [-0.05, 0) is 51.8 Å². The molecule has 0 aliphatic carbocycles. The monoisotopic (exact) mass is 559 g/mol. The maximum atomic E-state index is 12.8. The summed E-state index contributed by atoms with van der Waals surface area (Å²) >= 11 is 4.22. The first-order valence-electron chi connectivity index (χ1n) is 8.85. The lowest BCUT2D eigenvalue weighted by Gasteiger charge is -2.22. The molecule has 0 unspecified atom stereocenters. The number of carbonyl (C=O) groups excluding carboxylic acids is 1. The molecule has 2 heterocycles. The van der Waals surface area contributed by atoms with E-state index in [-0.39, 0.29) is 21.2 Å². The first kappa shape index (κ1) is 24.6. The summed E-state index contributed by atoms with van der Waals surface area (Å²) in [6.45, 7) is 0.0319. The number of amides is 1. The fourth-order valence-corrected chi connectivity index (χ4v) is 4.57. The number of benzene rings is 1. The van der Waals surface area contributed by atoms with Crippen LogP contribution in [0.15, 0.2) is 46.4 Å². The summed E-state index contributed by atoms with van der Waals surface area (Å²) in [5.74, 6) is -0.942. The van der Waals surface area contributed by atoms with Crippen LogP contribution >= 0.6 is 27.3 Å². The van der Waals surface area contributed by atoms with Gasteiger partial charge in [-0.2, -0.15) is 18.4 Å². The lowest BCUT2D eigenvalue weighted by molar-refractivity contribution is -0.141. The summed E-state index contributed by atoms with van der Waals surface area (Å²) in [7, 11) is -3.82. The predicted molar refractivity (Wildman–Crippen MR) is 118 cm³/mol. The van der Waals surface area contributed by atoms with Gasteiger partial charge in [-0.3, -0.25) is 9.78 Å². The molecule has 0 fully saturated rings. The predicted octanol–water partition coefficient (Wildman–Crippen LogP) is 4.22. The minimum Gasteiger partial charge on any atom is -0.313 e. The van der Waals surface area contributed by atoms with E-state index in [0.717, 1.165) is 29.9 Å². The van der Waals surface area contributed by atoms with E-state index in [2.05, 4.69) is 25.9 Å². The van der Waals surface area contributed by atoms with Crippen LogP contribution in [-0.2, 0) is 22.7 Å². The highest BCUT2D eigenvalue weighted by Crippen LogP contribution is 2.36. The minimum absolute atomic E-state index is 0.0319. The average molecular weight is 560 g/mol. The molecule has 3 aromatic rings. The van der Waals surface area contributed by atoms with Crippen molar-refractivity contribution in [2.45, 2.75) is 12.7 Å². The Morgan fingerprint density at radius 3 is 2.42 bits per heavy atom. The Hall–Kier alpha value is -3.02. The zero-order valence-electron chi connectivity index (χ0n) is 16.6. The lowest BCUT2D eigenvalue weighted by atomic mass is 10.2. The molecular formula is C19H13BrF3N5O3S2. The number of nitrogens with one attached hydrogen (secondary N) is 1. The Kier molecular flexibility index (Phi) is 7.06. The Morgan fingerprint density at radius 1 is 1.24 bits per heavy atom. The Bertz CT molecular complexity index is 1320. The number of pyridine rings is 1. The number of hydrogen-bond acceptors (Lipinski definition) is 8. The number of halogens is 4. The van der Waals surface area contributed by atoms with Crippen molar-refractivity contribution in [2.75, 3.05) is 11.2 Å². The fourth-order valence-electron chi connectivity index (χ4n) is 2.62. The number of alkyl halides is 3. The standard InChI is InChI=1S/C19H13BrF3N5O3S2/c1-33(30,31)27-17(29)15-16(20)32-18(26-15)28(13-5-2-11(8-24)3-6-13)10-12-4-7-14(25-9-12)19(21,22)23/h2-7,9H,10H2,1H3,(H,27,29). The molecule has 0 aliphatic heterocycles. The molecule has 3 rings (SSSR count). The molecular weight excluding hydrogens is 547 g/mol. The molecule has 0 spiro atoms. The highest BCUT2D eigenvalue weighted by molar-refractivity contribution is 9.11. The Balaban J connectivity index is 2.00. The van der Waals surface area contributed by atoms with E-state index in [1.807, 2.05) is 10.8 Å². The van der Waals surface area contributed by atoms with Crippen molar-refractivity contribution in [3.05, 3.63) is 68.9 Å². The molecule has 0 saturated carbocycles. The third-order valence-electron chi connectivity index (χ3n) is 4.06. The van der Waals surface area contributed by atoms with Crippen LogP contribution in [0.2, 0.25) is 0 Å². The third-order valence-corrected chi connectivity index (χ3v) is 6.35. The molecule has 0 aliphatic rings. The van der Waals surface area contributed by atoms with Gasteiger partial charge in [0.2, 0.25) is 10.0 Å². The number of sulfonamides is 1. The second-order valence-electron chi connectivity index (χ2n) is 6.62. The highest BCUT2D eigenvalue weighted by Gasteiger charge is 2.32. The highest BCUT2D eigenvalue weighted by atomic mass is 79.9. The summed E-state index contributed by atoms with van der Waals surface area (Å²) < 4.78 is 63.4. The van der Waals surface area contributed by atoms with Gasteiger partial charge >= 0.3 is 6.18 Å². The Morgan fingerprint density at radius 2 is 1.91 bits per heavy atom. The first-order valence-corrected chi connectivity index (χ1v) is 12.4. The molecule has 33 heavy (non-hydrogen) atoms. The largest absolute Gasteiger partial charge is 0.433 e. The van der Waals surface area contributed by atoms with Crippen molar-refractivity contribution in [2.24, 2.45) is 0 Å². The zero-order valence-corrected chi connectivity index (χ0v) is 19.8. The van der Waals surface area contributed by atoms with Gasteiger partial charge < -0.3 is 4.90 Å². The molecule has 14 heteroatoms. The summed E-state index contributed by atoms with van der Waals surface area (Å²) in [6, 6.07) is 10.4. The second kappa shape index (κ2) is 9.46. The smallest absolute Gasteiger partial charge is 0.313 e. The molecule has 1 amide bonds. The minimum atomic E-state index is -4.58. The van der Waals surface area contributed by atoms with E-state index in [1.54, 1.807) is 29.2 Å². The van der Waals surface area contributed by atoms with E-state index in [0.29, 0.717) is 16.8 Å². The lowest BCUT2D eigenvalue weighted by Crippen LogP contribution is -2.30. The topological polar surface area (TPSA) is 116 Å². The summed E-state index contributed by atoms with van der Waals surface area (Å²) in [6.07, 6.45) is -2.67. The molecule has 2 aromatic heterocycles. The molecule has 1 N–H and O–H groups in total.